The van der Waals surface area contributed by atoms with Gasteiger partial charge in [-0.15, -0.1) is 0 Å². The second-order valence-electron chi connectivity index (χ2n) is 7.37. The highest BCUT2D eigenvalue weighted by Crippen LogP contribution is 2.51. The zero-order chi connectivity index (χ0) is 22.4. The van der Waals surface area contributed by atoms with Crippen molar-refractivity contribution in [1.82, 2.24) is 0 Å². The molecule has 170 valence electrons. The normalized spacial score (nSPS) is 18.3. The molecule has 0 saturated carbocycles. The van der Waals surface area contributed by atoms with Crippen LogP contribution in [-0.4, -0.2) is 60.8 Å². The maximum atomic E-state index is 10.2. The van der Waals surface area contributed by atoms with Gasteiger partial charge in [-0.2, -0.15) is 0 Å². The molecule has 1 heterocycles. The Bertz CT molecular complexity index is 869. The Labute approximate surface area is 181 Å². The Morgan fingerprint density at radius 1 is 0.968 bits per heavy atom. The molecule has 2 aromatic carbocycles. The number of methoxy groups -OCH3 is 2. The van der Waals surface area contributed by atoms with Gasteiger partial charge >= 0.3 is 0 Å². The second kappa shape index (κ2) is 10.7. The molecule has 31 heavy (non-hydrogen) atoms. The van der Waals surface area contributed by atoms with Crippen LogP contribution < -0.4 is 18.9 Å². The molecule has 1 aliphatic rings. The molecule has 3 atom stereocenters. The summed E-state index contributed by atoms with van der Waals surface area (Å²) in [6.45, 7) is -0.223. The highest BCUT2D eigenvalue weighted by Gasteiger charge is 2.38. The zero-order valence-corrected chi connectivity index (χ0v) is 17.8. The van der Waals surface area contributed by atoms with Gasteiger partial charge in [-0.1, -0.05) is 12.1 Å². The molecule has 0 amide bonds. The average Bonchev–Trinajstić information content (AvgIpc) is 3.16. The van der Waals surface area contributed by atoms with Crippen molar-refractivity contribution >= 4 is 0 Å². The predicted molar refractivity (Wildman–Crippen MR) is 113 cm³/mol. The molecule has 4 N–H and O–H groups in total. The van der Waals surface area contributed by atoms with E-state index in [2.05, 4.69) is 0 Å². The van der Waals surface area contributed by atoms with Crippen molar-refractivity contribution in [2.24, 2.45) is 0 Å². The fourth-order valence-electron chi connectivity index (χ4n) is 3.80. The van der Waals surface area contributed by atoms with Crippen molar-refractivity contribution in [2.75, 3.05) is 34.0 Å². The van der Waals surface area contributed by atoms with E-state index in [-0.39, 0.29) is 32.2 Å². The Hall–Kier alpha value is -2.52. The molecule has 0 saturated heterocycles. The molecular formula is C23H30O8. The molecule has 0 aliphatic carbocycles. The van der Waals surface area contributed by atoms with E-state index in [0.29, 0.717) is 35.8 Å². The smallest absolute Gasteiger partial charge is 0.199 e. The van der Waals surface area contributed by atoms with Crippen LogP contribution in [-0.2, 0) is 6.42 Å². The monoisotopic (exact) mass is 434 g/mol. The summed E-state index contributed by atoms with van der Waals surface area (Å²) in [5, 5.41) is 38.1. The van der Waals surface area contributed by atoms with Gasteiger partial charge in [0.15, 0.2) is 29.3 Å². The fourth-order valence-corrected chi connectivity index (χ4v) is 3.80. The number of aliphatic hydroxyl groups excluding tert-OH is 4. The number of hydrogen-bond donors (Lipinski definition) is 4. The first kappa shape index (κ1) is 23.1. The van der Waals surface area contributed by atoms with Crippen LogP contribution in [0.15, 0.2) is 30.3 Å². The molecule has 0 spiro atoms. The lowest BCUT2D eigenvalue weighted by Gasteiger charge is -2.20. The van der Waals surface area contributed by atoms with Crippen molar-refractivity contribution in [3.8, 4) is 23.0 Å². The molecule has 0 aromatic heterocycles. The van der Waals surface area contributed by atoms with E-state index in [1.807, 2.05) is 12.1 Å². The number of ether oxygens (including phenoxy) is 4. The van der Waals surface area contributed by atoms with Gasteiger partial charge in [-0.3, -0.25) is 0 Å². The Balaban J connectivity index is 1.92. The maximum Gasteiger partial charge on any atom is 0.199 e. The lowest BCUT2D eigenvalue weighted by Crippen LogP contribution is -2.18. The Morgan fingerprint density at radius 2 is 1.74 bits per heavy atom. The van der Waals surface area contributed by atoms with E-state index >= 15 is 0 Å². The van der Waals surface area contributed by atoms with Gasteiger partial charge in [0.25, 0.3) is 0 Å². The van der Waals surface area contributed by atoms with Crippen molar-refractivity contribution < 1.29 is 39.4 Å². The molecule has 8 nitrogen and oxygen atoms in total. The minimum atomic E-state index is -1.15. The summed E-state index contributed by atoms with van der Waals surface area (Å²) >= 11 is 0. The van der Waals surface area contributed by atoms with E-state index in [1.165, 1.54) is 7.11 Å². The van der Waals surface area contributed by atoms with Crippen molar-refractivity contribution in [3.05, 3.63) is 47.0 Å². The van der Waals surface area contributed by atoms with Gasteiger partial charge in [0.1, 0.15) is 6.10 Å². The molecule has 3 rings (SSSR count). The maximum absolute atomic E-state index is 10.2. The minimum absolute atomic E-state index is 0.0803. The standard InChI is InChI=1S/C23H30O8/c1-28-19-12-15(5-6-18(19)30-21(27)7-9-25)22-17(13-26)16-10-14(4-3-8-24)11-20(29-2)23(16)31-22/h5-6,10-12,17,21-22,24-27H,3-4,7-9,13H2,1-2H3. The number of fused-ring (bicyclic) bond motifs is 1. The highest BCUT2D eigenvalue weighted by atomic mass is 16.6. The predicted octanol–water partition coefficient (Wildman–Crippen LogP) is 1.92. The SMILES string of the molecule is COc1cc(C2Oc3c(OC)cc(CCCO)cc3C2CO)ccc1OC(O)CCO. The summed E-state index contributed by atoms with van der Waals surface area (Å²) in [4.78, 5) is 0. The quantitative estimate of drug-likeness (QED) is 0.396. The third kappa shape index (κ3) is 5.04. The van der Waals surface area contributed by atoms with Crippen LogP contribution in [0.5, 0.6) is 23.0 Å². The van der Waals surface area contributed by atoms with Gasteiger partial charge in [0.05, 0.1) is 26.7 Å². The van der Waals surface area contributed by atoms with Crippen LogP contribution in [0.4, 0.5) is 0 Å². The summed E-state index contributed by atoms with van der Waals surface area (Å²) < 4.78 is 22.6. The first-order valence-electron chi connectivity index (χ1n) is 10.3. The van der Waals surface area contributed by atoms with Crippen molar-refractivity contribution in [1.29, 1.82) is 0 Å². The van der Waals surface area contributed by atoms with Crippen molar-refractivity contribution in [3.63, 3.8) is 0 Å². The minimum Gasteiger partial charge on any atom is -0.493 e. The lowest BCUT2D eigenvalue weighted by atomic mass is 9.90. The molecule has 1 aliphatic heterocycles. The summed E-state index contributed by atoms with van der Waals surface area (Å²) in [5.74, 6) is 1.62. The van der Waals surface area contributed by atoms with E-state index in [0.717, 1.165) is 16.7 Å². The third-order valence-corrected chi connectivity index (χ3v) is 5.35. The van der Waals surface area contributed by atoms with Gasteiger partial charge in [-0.25, -0.2) is 0 Å². The Morgan fingerprint density at radius 3 is 2.39 bits per heavy atom. The largest absolute Gasteiger partial charge is 0.493 e. The first-order chi connectivity index (χ1) is 15.1. The summed E-state index contributed by atoms with van der Waals surface area (Å²) in [6.07, 6.45) is -0.206. The molecule has 3 unspecified atom stereocenters. The van der Waals surface area contributed by atoms with E-state index in [9.17, 15) is 10.2 Å². The number of rotatable bonds is 11. The number of aryl methyl sites for hydroxylation is 1. The van der Waals surface area contributed by atoms with Crippen LogP contribution in [0.25, 0.3) is 0 Å². The van der Waals surface area contributed by atoms with E-state index in [1.54, 1.807) is 25.3 Å². The van der Waals surface area contributed by atoms with Gasteiger partial charge in [0, 0.05) is 25.2 Å². The van der Waals surface area contributed by atoms with Gasteiger partial charge < -0.3 is 39.4 Å². The number of aliphatic hydroxyl groups is 4. The molecule has 8 heteroatoms. The summed E-state index contributed by atoms with van der Waals surface area (Å²) in [6, 6.07) is 9.10. The fraction of sp³-hybridized carbons (Fsp3) is 0.478. The van der Waals surface area contributed by atoms with Crippen LogP contribution in [0, 0.1) is 0 Å². The zero-order valence-electron chi connectivity index (χ0n) is 17.8. The van der Waals surface area contributed by atoms with Crippen LogP contribution in [0.1, 0.15) is 41.6 Å². The second-order valence-corrected chi connectivity index (χ2v) is 7.37. The topological polar surface area (TPSA) is 118 Å². The molecule has 2 aromatic rings. The molecule has 0 bridgehead atoms. The molecule has 0 radical (unpaired) electrons. The molecule has 0 fully saturated rings. The Kier molecular flexibility index (Phi) is 7.97. The van der Waals surface area contributed by atoms with Crippen molar-refractivity contribution in [2.45, 2.75) is 37.6 Å². The highest BCUT2D eigenvalue weighted by molar-refractivity contribution is 5.56. The summed E-state index contributed by atoms with van der Waals surface area (Å²) in [5.41, 5.74) is 2.64. The first-order valence-corrected chi connectivity index (χ1v) is 10.3. The van der Waals surface area contributed by atoms with Crippen LogP contribution in [0.3, 0.4) is 0 Å². The lowest BCUT2D eigenvalue weighted by molar-refractivity contribution is -0.0341. The number of benzene rings is 2. The van der Waals surface area contributed by atoms with E-state index in [4.69, 9.17) is 29.2 Å². The van der Waals surface area contributed by atoms with Crippen LogP contribution >= 0.6 is 0 Å². The summed E-state index contributed by atoms with van der Waals surface area (Å²) in [7, 11) is 3.07. The third-order valence-electron chi connectivity index (χ3n) is 5.35. The van der Waals surface area contributed by atoms with E-state index < -0.39 is 12.4 Å². The van der Waals surface area contributed by atoms with Crippen LogP contribution in [0.2, 0.25) is 0 Å². The molecular weight excluding hydrogens is 404 g/mol. The number of hydrogen-bond acceptors (Lipinski definition) is 8. The average molecular weight is 434 g/mol. The van der Waals surface area contributed by atoms with Gasteiger partial charge in [0.2, 0.25) is 0 Å². The van der Waals surface area contributed by atoms with Gasteiger partial charge in [-0.05, 0) is 42.2 Å².